The van der Waals surface area contributed by atoms with E-state index in [1.54, 1.807) is 6.08 Å². The van der Waals surface area contributed by atoms with E-state index in [2.05, 4.69) is 10.3 Å². The minimum absolute atomic E-state index is 0.0765. The molecule has 1 aromatic heterocycles. The smallest absolute Gasteiger partial charge is 0.355 e. The second kappa shape index (κ2) is 5.92. The van der Waals surface area contributed by atoms with Crippen LogP contribution in [0.2, 0.25) is 0 Å². The molecular formula is C13H10N2O3S. The molecule has 0 saturated carbocycles. The molecule has 0 bridgehead atoms. The third-order valence-corrected chi connectivity index (χ3v) is 2.94. The minimum atomic E-state index is -1.11. The van der Waals surface area contributed by atoms with Gasteiger partial charge in [-0.05, 0) is 11.6 Å². The average molecular weight is 274 g/mol. The zero-order chi connectivity index (χ0) is 13.7. The highest BCUT2D eigenvalue weighted by Crippen LogP contribution is 2.15. The topological polar surface area (TPSA) is 79.3 Å². The Morgan fingerprint density at radius 2 is 2.00 bits per heavy atom. The monoisotopic (exact) mass is 274 g/mol. The lowest BCUT2D eigenvalue weighted by Gasteiger charge is -1.95. The van der Waals surface area contributed by atoms with Crippen LogP contribution in [0.3, 0.4) is 0 Å². The highest BCUT2D eigenvalue weighted by Gasteiger charge is 2.09. The van der Waals surface area contributed by atoms with Crippen molar-refractivity contribution in [3.8, 4) is 0 Å². The molecule has 1 amide bonds. The highest BCUT2D eigenvalue weighted by molar-refractivity contribution is 7.14. The summed E-state index contributed by atoms with van der Waals surface area (Å²) < 4.78 is 0. The number of nitrogens with one attached hydrogen (secondary N) is 1. The molecule has 0 atom stereocenters. The Bertz CT molecular complexity index is 620. The quantitative estimate of drug-likeness (QED) is 0.839. The van der Waals surface area contributed by atoms with Crippen molar-refractivity contribution >= 4 is 34.4 Å². The van der Waals surface area contributed by atoms with Crippen LogP contribution >= 0.6 is 11.3 Å². The summed E-state index contributed by atoms with van der Waals surface area (Å²) >= 11 is 1.07. The molecule has 0 aliphatic carbocycles. The Balaban J connectivity index is 1.97. The maximum absolute atomic E-state index is 11.6. The van der Waals surface area contributed by atoms with Gasteiger partial charge in [-0.25, -0.2) is 9.78 Å². The molecular weight excluding hydrogens is 264 g/mol. The normalized spacial score (nSPS) is 10.5. The Morgan fingerprint density at radius 1 is 1.26 bits per heavy atom. The Kier molecular flexibility index (Phi) is 4.04. The highest BCUT2D eigenvalue weighted by atomic mass is 32.1. The molecule has 0 saturated heterocycles. The first-order valence-corrected chi connectivity index (χ1v) is 6.26. The molecule has 0 spiro atoms. The van der Waals surface area contributed by atoms with E-state index in [1.807, 2.05) is 30.3 Å². The summed E-state index contributed by atoms with van der Waals surface area (Å²) in [7, 11) is 0. The number of hydrogen-bond acceptors (Lipinski definition) is 4. The molecule has 0 radical (unpaired) electrons. The molecule has 96 valence electrons. The van der Waals surface area contributed by atoms with Crippen molar-refractivity contribution in [3.63, 3.8) is 0 Å². The summed E-state index contributed by atoms with van der Waals surface area (Å²) in [5.41, 5.74) is 0.829. The van der Waals surface area contributed by atoms with Gasteiger partial charge in [0, 0.05) is 11.5 Å². The van der Waals surface area contributed by atoms with Crippen LogP contribution in [0.15, 0.2) is 41.8 Å². The molecule has 0 aliphatic rings. The van der Waals surface area contributed by atoms with Crippen molar-refractivity contribution in [1.29, 1.82) is 0 Å². The Morgan fingerprint density at radius 3 is 2.63 bits per heavy atom. The van der Waals surface area contributed by atoms with Crippen LogP contribution in [0.4, 0.5) is 5.13 Å². The maximum atomic E-state index is 11.6. The number of aromatic carboxylic acids is 1. The molecule has 2 aromatic rings. The molecule has 2 N–H and O–H groups in total. The van der Waals surface area contributed by atoms with Crippen LogP contribution in [-0.2, 0) is 4.79 Å². The van der Waals surface area contributed by atoms with Crippen molar-refractivity contribution in [2.75, 3.05) is 5.32 Å². The number of anilines is 1. The maximum Gasteiger partial charge on any atom is 0.355 e. The summed E-state index contributed by atoms with van der Waals surface area (Å²) in [4.78, 5) is 26.0. The Hall–Kier alpha value is -2.47. The van der Waals surface area contributed by atoms with Crippen LogP contribution in [0.5, 0.6) is 0 Å². The number of thiazole rings is 1. The standard InChI is InChI=1S/C13H10N2O3S/c16-11(7-6-9-4-2-1-3-5-9)15-13-14-10(8-19-13)12(17)18/h1-8H,(H,17,18)(H,14,15,16)/b7-6+. The summed E-state index contributed by atoms with van der Waals surface area (Å²) in [6, 6.07) is 9.38. The van der Waals surface area contributed by atoms with E-state index in [9.17, 15) is 9.59 Å². The largest absolute Gasteiger partial charge is 0.476 e. The molecule has 0 aliphatic heterocycles. The van der Waals surface area contributed by atoms with E-state index < -0.39 is 5.97 Å². The third kappa shape index (κ3) is 3.75. The SMILES string of the molecule is O=C(/C=C/c1ccccc1)Nc1nc(C(=O)O)cs1. The van der Waals surface area contributed by atoms with Gasteiger partial charge in [0.15, 0.2) is 10.8 Å². The second-order valence-electron chi connectivity index (χ2n) is 3.58. The van der Waals surface area contributed by atoms with Gasteiger partial charge in [-0.3, -0.25) is 10.1 Å². The number of carboxylic acid groups (broad SMARTS) is 1. The van der Waals surface area contributed by atoms with E-state index in [-0.39, 0.29) is 16.7 Å². The van der Waals surface area contributed by atoms with E-state index in [0.717, 1.165) is 16.9 Å². The van der Waals surface area contributed by atoms with E-state index >= 15 is 0 Å². The molecule has 2 rings (SSSR count). The van der Waals surface area contributed by atoms with Gasteiger partial charge in [0.1, 0.15) is 0 Å². The van der Waals surface area contributed by atoms with Crippen molar-refractivity contribution in [3.05, 3.63) is 53.0 Å². The number of carbonyl (C=O) groups excluding carboxylic acids is 1. The zero-order valence-corrected chi connectivity index (χ0v) is 10.6. The number of nitrogens with zero attached hydrogens (tertiary/aromatic N) is 1. The van der Waals surface area contributed by atoms with E-state index in [0.29, 0.717) is 0 Å². The van der Waals surface area contributed by atoms with E-state index in [1.165, 1.54) is 11.5 Å². The first-order valence-electron chi connectivity index (χ1n) is 5.38. The summed E-state index contributed by atoms with van der Waals surface area (Å²) in [5, 5.41) is 12.8. The van der Waals surface area contributed by atoms with Crippen LogP contribution in [0, 0.1) is 0 Å². The molecule has 19 heavy (non-hydrogen) atoms. The van der Waals surface area contributed by atoms with Crippen LogP contribution in [-0.4, -0.2) is 22.0 Å². The molecule has 5 nitrogen and oxygen atoms in total. The first kappa shape index (κ1) is 13.0. The number of carbonyl (C=O) groups is 2. The van der Waals surface area contributed by atoms with Gasteiger partial charge in [0.25, 0.3) is 0 Å². The van der Waals surface area contributed by atoms with Crippen LogP contribution in [0.25, 0.3) is 6.08 Å². The Labute approximate surface area is 113 Å². The fraction of sp³-hybridized carbons (Fsp3) is 0. The van der Waals surface area contributed by atoms with E-state index in [4.69, 9.17) is 5.11 Å². The lowest BCUT2D eigenvalue weighted by molar-refractivity contribution is -0.111. The molecule has 1 aromatic carbocycles. The second-order valence-corrected chi connectivity index (χ2v) is 4.43. The average Bonchev–Trinajstić information content (AvgIpc) is 2.86. The number of hydrogen-bond donors (Lipinski definition) is 2. The number of amides is 1. The fourth-order valence-electron chi connectivity index (χ4n) is 1.31. The van der Waals surface area contributed by atoms with Crippen molar-refractivity contribution in [2.45, 2.75) is 0 Å². The van der Waals surface area contributed by atoms with Gasteiger partial charge in [-0.15, -0.1) is 11.3 Å². The third-order valence-electron chi connectivity index (χ3n) is 2.18. The van der Waals surface area contributed by atoms with Gasteiger partial charge in [0.2, 0.25) is 5.91 Å². The number of carboxylic acids is 1. The summed E-state index contributed by atoms with van der Waals surface area (Å²) in [6.07, 6.45) is 3.04. The lowest BCUT2D eigenvalue weighted by Crippen LogP contribution is -2.08. The lowest BCUT2D eigenvalue weighted by atomic mass is 10.2. The zero-order valence-electron chi connectivity index (χ0n) is 9.74. The van der Waals surface area contributed by atoms with Gasteiger partial charge in [0.05, 0.1) is 0 Å². The van der Waals surface area contributed by atoms with Crippen molar-refractivity contribution < 1.29 is 14.7 Å². The summed E-state index contributed by atoms with van der Waals surface area (Å²) in [5.74, 6) is -1.47. The van der Waals surface area contributed by atoms with Gasteiger partial charge >= 0.3 is 5.97 Å². The molecule has 0 unspecified atom stereocenters. The van der Waals surface area contributed by atoms with Gasteiger partial charge < -0.3 is 5.11 Å². The van der Waals surface area contributed by atoms with Gasteiger partial charge in [-0.2, -0.15) is 0 Å². The molecule has 0 fully saturated rings. The number of aromatic nitrogens is 1. The molecule has 6 heteroatoms. The molecule has 1 heterocycles. The number of rotatable bonds is 4. The minimum Gasteiger partial charge on any atom is -0.476 e. The van der Waals surface area contributed by atoms with Crippen LogP contribution < -0.4 is 5.32 Å². The fourth-order valence-corrected chi connectivity index (χ4v) is 2.00. The first-order chi connectivity index (χ1) is 9.15. The van der Waals surface area contributed by atoms with Crippen molar-refractivity contribution in [2.24, 2.45) is 0 Å². The van der Waals surface area contributed by atoms with Gasteiger partial charge in [-0.1, -0.05) is 30.3 Å². The van der Waals surface area contributed by atoms with Crippen molar-refractivity contribution in [1.82, 2.24) is 4.98 Å². The summed E-state index contributed by atoms with van der Waals surface area (Å²) in [6.45, 7) is 0. The predicted octanol–water partition coefficient (Wildman–Crippen LogP) is 2.49. The number of benzene rings is 1. The van der Waals surface area contributed by atoms with Crippen LogP contribution in [0.1, 0.15) is 16.1 Å². The predicted molar refractivity (Wildman–Crippen MR) is 73.2 cm³/mol.